The third-order valence-electron chi connectivity index (χ3n) is 3.58. The number of ether oxygens (including phenoxy) is 1. The normalized spacial score (nSPS) is 19.3. The first kappa shape index (κ1) is 14.1. The fraction of sp³-hybridized carbons (Fsp3) is 0.188. The summed E-state index contributed by atoms with van der Waals surface area (Å²) >= 11 is 0. The number of benzene rings is 2. The molecule has 1 aliphatic carbocycles. The fourth-order valence-corrected chi connectivity index (χ4v) is 2.35. The van der Waals surface area contributed by atoms with Gasteiger partial charge in [-0.15, -0.1) is 0 Å². The molecule has 6 nitrogen and oxygen atoms in total. The van der Waals surface area contributed by atoms with Crippen molar-refractivity contribution in [2.75, 3.05) is 0 Å². The Balaban J connectivity index is 1.52. The Morgan fingerprint density at radius 1 is 1.14 bits per heavy atom. The highest BCUT2D eigenvalue weighted by Gasteiger charge is 2.39. The second kappa shape index (κ2) is 5.85. The molecule has 2 aromatic carbocycles. The van der Waals surface area contributed by atoms with Crippen molar-refractivity contribution in [3.63, 3.8) is 0 Å². The molecule has 112 valence electrons. The van der Waals surface area contributed by atoms with Crippen molar-refractivity contribution in [2.45, 2.75) is 18.4 Å². The number of nitro benzene ring substituents is 1. The van der Waals surface area contributed by atoms with Crippen LogP contribution in [0.3, 0.4) is 0 Å². The molecule has 0 saturated heterocycles. The molecule has 1 aliphatic rings. The van der Waals surface area contributed by atoms with Crippen LogP contribution < -0.4 is 10.1 Å². The average Bonchev–Trinajstić information content (AvgIpc) is 3.27. The first-order valence-electron chi connectivity index (χ1n) is 6.91. The lowest BCUT2D eigenvalue weighted by Gasteiger charge is -2.06. The Labute approximate surface area is 126 Å². The van der Waals surface area contributed by atoms with Crippen molar-refractivity contribution in [3.05, 3.63) is 70.3 Å². The number of nitrogens with one attached hydrogen (secondary N) is 1. The van der Waals surface area contributed by atoms with Gasteiger partial charge in [-0.3, -0.25) is 10.1 Å². The van der Waals surface area contributed by atoms with Crippen LogP contribution in [-0.2, 0) is 0 Å². The highest BCUT2D eigenvalue weighted by Crippen LogP contribution is 2.40. The van der Waals surface area contributed by atoms with Crippen LogP contribution in [0.5, 0.6) is 5.75 Å². The van der Waals surface area contributed by atoms with Crippen molar-refractivity contribution in [1.82, 2.24) is 5.32 Å². The van der Waals surface area contributed by atoms with E-state index in [4.69, 9.17) is 4.74 Å². The van der Waals surface area contributed by atoms with E-state index in [9.17, 15) is 14.9 Å². The molecule has 0 bridgehead atoms. The van der Waals surface area contributed by atoms with Crippen molar-refractivity contribution in [3.8, 4) is 5.75 Å². The lowest BCUT2D eigenvalue weighted by molar-refractivity contribution is -0.384. The predicted octanol–water partition coefficient (Wildman–Crippen LogP) is 3.24. The molecule has 6 heteroatoms. The summed E-state index contributed by atoms with van der Waals surface area (Å²) in [6.07, 6.45) is 0.344. The van der Waals surface area contributed by atoms with Gasteiger partial charge >= 0.3 is 6.09 Å². The molecule has 0 spiro atoms. The third kappa shape index (κ3) is 3.22. The lowest BCUT2D eigenvalue weighted by atomic mass is 10.1. The lowest BCUT2D eigenvalue weighted by Crippen LogP contribution is -2.29. The number of nitrogens with zero attached hydrogens (tertiary/aromatic N) is 1. The number of carbonyl (C=O) groups is 1. The van der Waals surface area contributed by atoms with E-state index in [1.165, 1.54) is 29.8 Å². The van der Waals surface area contributed by atoms with Gasteiger partial charge in [0.25, 0.3) is 5.69 Å². The first-order valence-corrected chi connectivity index (χ1v) is 6.91. The van der Waals surface area contributed by atoms with Crippen LogP contribution in [0.2, 0.25) is 0 Å². The maximum atomic E-state index is 11.8. The van der Waals surface area contributed by atoms with Crippen molar-refractivity contribution in [1.29, 1.82) is 0 Å². The van der Waals surface area contributed by atoms with Crippen LogP contribution in [0, 0.1) is 10.1 Å². The van der Waals surface area contributed by atoms with Crippen LogP contribution >= 0.6 is 0 Å². The van der Waals surface area contributed by atoms with Gasteiger partial charge in [0, 0.05) is 24.1 Å². The van der Waals surface area contributed by atoms with Gasteiger partial charge in [0.1, 0.15) is 5.75 Å². The van der Waals surface area contributed by atoms with Crippen LogP contribution in [-0.4, -0.2) is 17.1 Å². The Morgan fingerprint density at radius 3 is 2.45 bits per heavy atom. The minimum absolute atomic E-state index is 0.0425. The van der Waals surface area contributed by atoms with E-state index in [1.807, 2.05) is 30.3 Å². The van der Waals surface area contributed by atoms with Crippen LogP contribution in [0.15, 0.2) is 54.6 Å². The van der Waals surface area contributed by atoms with Crippen molar-refractivity contribution in [2.24, 2.45) is 0 Å². The second-order valence-corrected chi connectivity index (χ2v) is 5.14. The molecule has 1 fully saturated rings. The van der Waals surface area contributed by atoms with E-state index >= 15 is 0 Å². The molecule has 0 aromatic heterocycles. The summed E-state index contributed by atoms with van der Waals surface area (Å²) in [6.45, 7) is 0. The molecule has 2 aromatic rings. The number of nitro groups is 1. The van der Waals surface area contributed by atoms with Gasteiger partial charge in [-0.1, -0.05) is 30.3 Å². The van der Waals surface area contributed by atoms with Crippen molar-refractivity contribution >= 4 is 11.8 Å². The summed E-state index contributed by atoms with van der Waals surface area (Å²) in [5.41, 5.74) is 1.15. The first-order chi connectivity index (χ1) is 10.6. The monoisotopic (exact) mass is 298 g/mol. The van der Waals surface area contributed by atoms with Gasteiger partial charge < -0.3 is 10.1 Å². The highest BCUT2D eigenvalue weighted by molar-refractivity contribution is 5.71. The minimum Gasteiger partial charge on any atom is -0.410 e. The highest BCUT2D eigenvalue weighted by atomic mass is 16.6. The molecule has 3 rings (SSSR count). The molecular formula is C16H14N2O4. The molecular weight excluding hydrogens is 284 g/mol. The summed E-state index contributed by atoms with van der Waals surface area (Å²) in [6, 6.07) is 15.4. The van der Waals surface area contributed by atoms with Crippen LogP contribution in [0.4, 0.5) is 10.5 Å². The van der Waals surface area contributed by atoms with E-state index in [-0.39, 0.29) is 17.5 Å². The SMILES string of the molecule is O=C(N[C@@H]1C[C@H]1c1ccccc1)Oc1ccc([N+](=O)[O-])cc1. The van der Waals surface area contributed by atoms with Crippen LogP contribution in [0.25, 0.3) is 0 Å². The topological polar surface area (TPSA) is 81.5 Å². The molecule has 22 heavy (non-hydrogen) atoms. The number of amides is 1. The molecule has 1 amide bonds. The summed E-state index contributed by atoms with van der Waals surface area (Å²) in [4.78, 5) is 21.8. The summed E-state index contributed by atoms with van der Waals surface area (Å²) in [5.74, 6) is 0.602. The number of non-ortho nitro benzene ring substituents is 1. The summed E-state index contributed by atoms with van der Waals surface area (Å²) in [5, 5.41) is 13.3. The molecule has 0 radical (unpaired) electrons. The van der Waals surface area contributed by atoms with Crippen LogP contribution in [0.1, 0.15) is 17.9 Å². The zero-order valence-electron chi connectivity index (χ0n) is 11.6. The molecule has 0 unspecified atom stereocenters. The Bertz CT molecular complexity index is 685. The Morgan fingerprint density at radius 2 is 1.82 bits per heavy atom. The summed E-state index contributed by atoms with van der Waals surface area (Å²) in [7, 11) is 0. The zero-order valence-corrected chi connectivity index (χ0v) is 11.6. The number of hydrogen-bond donors (Lipinski definition) is 1. The number of rotatable bonds is 4. The van der Waals surface area contributed by atoms with Crippen molar-refractivity contribution < 1.29 is 14.5 Å². The van der Waals surface area contributed by atoms with Gasteiger partial charge in [0.05, 0.1) is 4.92 Å². The van der Waals surface area contributed by atoms with Gasteiger partial charge in [-0.05, 0) is 24.1 Å². The number of hydrogen-bond acceptors (Lipinski definition) is 4. The Kier molecular flexibility index (Phi) is 3.74. The number of carbonyl (C=O) groups excluding carboxylic acids is 1. The zero-order chi connectivity index (χ0) is 15.5. The second-order valence-electron chi connectivity index (χ2n) is 5.14. The average molecular weight is 298 g/mol. The van der Waals surface area contributed by atoms with E-state index in [2.05, 4.69) is 5.32 Å². The third-order valence-corrected chi connectivity index (χ3v) is 3.58. The minimum atomic E-state index is -0.544. The van der Waals surface area contributed by atoms with Gasteiger partial charge in [0.15, 0.2) is 0 Å². The molecule has 0 heterocycles. The predicted molar refractivity (Wildman–Crippen MR) is 79.8 cm³/mol. The van der Waals surface area contributed by atoms with E-state index in [1.54, 1.807) is 0 Å². The van der Waals surface area contributed by atoms with Gasteiger partial charge in [-0.2, -0.15) is 0 Å². The van der Waals surface area contributed by atoms with Gasteiger partial charge in [0.2, 0.25) is 0 Å². The smallest absolute Gasteiger partial charge is 0.410 e. The largest absolute Gasteiger partial charge is 0.412 e. The summed E-state index contributed by atoms with van der Waals surface area (Å²) < 4.78 is 5.11. The molecule has 1 saturated carbocycles. The van der Waals surface area contributed by atoms with E-state index in [0.717, 1.165) is 6.42 Å². The van der Waals surface area contributed by atoms with E-state index < -0.39 is 11.0 Å². The fourth-order valence-electron chi connectivity index (χ4n) is 2.35. The quantitative estimate of drug-likeness (QED) is 0.694. The van der Waals surface area contributed by atoms with Gasteiger partial charge in [-0.25, -0.2) is 4.79 Å². The van der Waals surface area contributed by atoms with E-state index in [0.29, 0.717) is 5.92 Å². The molecule has 0 aliphatic heterocycles. The standard InChI is InChI=1S/C16H14N2O4/c19-16(22-13-8-6-12(7-9-13)18(20)21)17-15-10-14(15)11-4-2-1-3-5-11/h1-9,14-15H,10H2,(H,17,19)/t14-,15+/m0/s1. The maximum Gasteiger partial charge on any atom is 0.412 e. The Hall–Kier alpha value is -2.89. The molecule has 2 atom stereocenters. The maximum absolute atomic E-state index is 11.8. The molecule has 1 N–H and O–H groups in total.